The molecule has 3 rings (SSSR count). The molecule has 0 aliphatic heterocycles. The van der Waals surface area contributed by atoms with Gasteiger partial charge in [-0.05, 0) is 42.8 Å². The van der Waals surface area contributed by atoms with E-state index >= 15 is 0 Å². The Bertz CT molecular complexity index is 1130. The fourth-order valence-corrected chi connectivity index (χ4v) is 2.98. The van der Waals surface area contributed by atoms with Crippen LogP contribution in [0, 0.1) is 6.92 Å². The van der Waals surface area contributed by atoms with Gasteiger partial charge in [0.1, 0.15) is 18.1 Å². The van der Waals surface area contributed by atoms with Crippen LogP contribution in [0.15, 0.2) is 54.7 Å². The van der Waals surface area contributed by atoms with Crippen LogP contribution < -0.4 is 14.8 Å². The van der Waals surface area contributed by atoms with Crippen molar-refractivity contribution in [3.8, 4) is 11.5 Å². The first-order chi connectivity index (χ1) is 15.4. The number of carbonyl (C=O) groups is 2. The molecule has 8 nitrogen and oxygen atoms in total. The first kappa shape index (κ1) is 22.6. The van der Waals surface area contributed by atoms with Gasteiger partial charge in [0.2, 0.25) is 5.91 Å². The Hall–Kier alpha value is -4.07. The van der Waals surface area contributed by atoms with Crippen molar-refractivity contribution in [3.63, 3.8) is 0 Å². The Balaban J connectivity index is 1.70. The van der Waals surface area contributed by atoms with Gasteiger partial charge in [-0.1, -0.05) is 23.8 Å². The molecule has 0 fully saturated rings. The number of aryl methyl sites for hydroxylation is 2. The molecule has 1 amide bonds. The van der Waals surface area contributed by atoms with Gasteiger partial charge >= 0.3 is 5.97 Å². The third-order valence-electron chi connectivity index (χ3n) is 4.61. The molecule has 0 radical (unpaired) electrons. The molecule has 32 heavy (non-hydrogen) atoms. The average Bonchev–Trinajstić information content (AvgIpc) is 3.16. The van der Waals surface area contributed by atoms with E-state index in [-0.39, 0.29) is 11.4 Å². The van der Waals surface area contributed by atoms with Gasteiger partial charge < -0.3 is 19.5 Å². The van der Waals surface area contributed by atoms with Gasteiger partial charge in [-0.25, -0.2) is 4.79 Å². The number of ether oxygens (including phenoxy) is 3. The van der Waals surface area contributed by atoms with Gasteiger partial charge in [0.25, 0.3) is 0 Å². The third-order valence-corrected chi connectivity index (χ3v) is 4.61. The second-order valence-electron chi connectivity index (χ2n) is 7.05. The fraction of sp³-hybridized carbons (Fsp3) is 0.208. The molecule has 0 aliphatic rings. The van der Waals surface area contributed by atoms with E-state index in [4.69, 9.17) is 9.47 Å². The molecule has 1 N–H and O–H groups in total. The summed E-state index contributed by atoms with van der Waals surface area (Å²) >= 11 is 0. The maximum Gasteiger partial charge on any atom is 0.360 e. The minimum Gasteiger partial charge on any atom is -0.496 e. The largest absolute Gasteiger partial charge is 0.496 e. The summed E-state index contributed by atoms with van der Waals surface area (Å²) in [4.78, 5) is 24.2. The summed E-state index contributed by atoms with van der Waals surface area (Å²) in [6.07, 6.45) is 4.57. The van der Waals surface area contributed by atoms with Crippen molar-refractivity contribution in [2.24, 2.45) is 7.05 Å². The van der Waals surface area contributed by atoms with Gasteiger partial charge in [-0.2, -0.15) is 5.10 Å². The Kier molecular flexibility index (Phi) is 7.28. The quantitative estimate of drug-likeness (QED) is 0.428. The maximum absolute atomic E-state index is 12.4. The van der Waals surface area contributed by atoms with Gasteiger partial charge in [0.15, 0.2) is 5.69 Å². The molecule has 0 bridgehead atoms. The molecule has 0 unspecified atom stereocenters. The van der Waals surface area contributed by atoms with Crippen LogP contribution in [-0.2, 0) is 23.2 Å². The van der Waals surface area contributed by atoms with Crippen LogP contribution >= 0.6 is 0 Å². The van der Waals surface area contributed by atoms with E-state index in [9.17, 15) is 9.59 Å². The Morgan fingerprint density at radius 1 is 1.12 bits per heavy atom. The average molecular weight is 435 g/mol. The van der Waals surface area contributed by atoms with Crippen molar-refractivity contribution < 1.29 is 23.8 Å². The zero-order valence-electron chi connectivity index (χ0n) is 18.4. The van der Waals surface area contributed by atoms with Crippen LogP contribution in [0.2, 0.25) is 0 Å². The lowest BCUT2D eigenvalue weighted by atomic mass is 10.1. The molecule has 166 valence electrons. The van der Waals surface area contributed by atoms with Gasteiger partial charge in [-0.15, -0.1) is 0 Å². The third kappa shape index (κ3) is 5.75. The molecule has 2 aromatic carbocycles. The number of aromatic nitrogens is 2. The highest BCUT2D eigenvalue weighted by Gasteiger charge is 2.17. The normalized spacial score (nSPS) is 10.8. The summed E-state index contributed by atoms with van der Waals surface area (Å²) < 4.78 is 17.4. The fourth-order valence-electron chi connectivity index (χ4n) is 2.98. The number of amides is 1. The van der Waals surface area contributed by atoms with E-state index in [1.807, 2.05) is 49.4 Å². The molecular formula is C24H25N3O5. The number of hydrogen-bond donors (Lipinski definition) is 1. The van der Waals surface area contributed by atoms with E-state index in [1.165, 1.54) is 24.1 Å². The number of anilines is 1. The molecule has 0 saturated heterocycles. The minimum absolute atomic E-state index is 0.0386. The maximum atomic E-state index is 12.4. The van der Waals surface area contributed by atoms with Crippen molar-refractivity contribution in [3.05, 3.63) is 77.1 Å². The second kappa shape index (κ2) is 10.3. The molecule has 3 aromatic rings. The lowest BCUT2D eigenvalue weighted by Gasteiger charge is -2.11. The van der Waals surface area contributed by atoms with Crippen LogP contribution in [0.1, 0.15) is 27.2 Å². The Morgan fingerprint density at radius 2 is 1.88 bits per heavy atom. The molecule has 1 heterocycles. The Labute approximate surface area is 186 Å². The number of nitrogens with one attached hydrogen (secondary N) is 1. The second-order valence-corrected chi connectivity index (χ2v) is 7.05. The predicted octanol–water partition coefficient (Wildman–Crippen LogP) is 3.75. The molecule has 1 aromatic heterocycles. The van der Waals surface area contributed by atoms with E-state index < -0.39 is 11.9 Å². The van der Waals surface area contributed by atoms with Crippen LogP contribution in [-0.4, -0.2) is 35.9 Å². The smallest absolute Gasteiger partial charge is 0.360 e. The lowest BCUT2D eigenvalue weighted by molar-refractivity contribution is -0.111. The molecular weight excluding hydrogens is 410 g/mol. The van der Waals surface area contributed by atoms with Crippen molar-refractivity contribution in [1.82, 2.24) is 9.78 Å². The first-order valence-electron chi connectivity index (χ1n) is 9.87. The number of benzene rings is 2. The number of rotatable bonds is 8. The zero-order valence-corrected chi connectivity index (χ0v) is 18.4. The van der Waals surface area contributed by atoms with Crippen LogP contribution in [0.3, 0.4) is 0 Å². The number of methoxy groups -OCH3 is 2. The summed E-state index contributed by atoms with van der Waals surface area (Å²) in [6.45, 7) is 2.33. The van der Waals surface area contributed by atoms with Crippen LogP contribution in [0.4, 0.5) is 5.69 Å². The van der Waals surface area contributed by atoms with E-state index in [0.29, 0.717) is 12.4 Å². The molecule has 0 spiro atoms. The number of carbonyl (C=O) groups excluding carboxylic acids is 2. The number of hydrogen-bond acceptors (Lipinski definition) is 6. The minimum atomic E-state index is -0.627. The highest BCUT2D eigenvalue weighted by molar-refractivity contribution is 6.05. The molecule has 0 atom stereocenters. The van der Waals surface area contributed by atoms with Crippen LogP contribution in [0.25, 0.3) is 6.08 Å². The summed E-state index contributed by atoms with van der Waals surface area (Å²) in [5.41, 5.74) is 3.11. The standard InChI is InChI=1S/C24H25N3O5/c1-16-5-9-19(10-6-16)32-15-18-13-17(7-11-21(18)30-3)8-12-22(28)25-20-14-27(2)26-23(20)24(29)31-4/h5-14H,15H2,1-4H3,(H,25,28)/b12-8+. The molecule has 8 heteroatoms. The SMILES string of the molecule is COC(=O)c1nn(C)cc1NC(=O)/C=C/c1ccc(OC)c(COc2ccc(C)cc2)c1. The van der Waals surface area contributed by atoms with Crippen molar-refractivity contribution in [2.75, 3.05) is 19.5 Å². The van der Waals surface area contributed by atoms with Crippen molar-refractivity contribution >= 4 is 23.6 Å². The van der Waals surface area contributed by atoms with Crippen molar-refractivity contribution in [1.29, 1.82) is 0 Å². The van der Waals surface area contributed by atoms with E-state index in [2.05, 4.69) is 15.2 Å². The first-order valence-corrected chi connectivity index (χ1v) is 9.87. The highest BCUT2D eigenvalue weighted by atomic mass is 16.5. The topological polar surface area (TPSA) is 91.7 Å². The summed E-state index contributed by atoms with van der Waals surface area (Å²) in [6, 6.07) is 13.3. The van der Waals surface area contributed by atoms with Gasteiger partial charge in [0, 0.05) is 24.9 Å². The van der Waals surface area contributed by atoms with Gasteiger partial charge in [-0.3, -0.25) is 9.48 Å². The Morgan fingerprint density at radius 3 is 2.56 bits per heavy atom. The summed E-state index contributed by atoms with van der Waals surface area (Å²) in [7, 11) is 4.50. The summed E-state index contributed by atoms with van der Waals surface area (Å²) in [5.74, 6) is 0.419. The van der Waals surface area contributed by atoms with E-state index in [1.54, 1.807) is 20.2 Å². The summed E-state index contributed by atoms with van der Waals surface area (Å²) in [5, 5.41) is 6.66. The predicted molar refractivity (Wildman–Crippen MR) is 121 cm³/mol. The molecule has 0 aliphatic carbocycles. The van der Waals surface area contributed by atoms with E-state index in [0.717, 1.165) is 22.4 Å². The molecule has 0 saturated carbocycles. The number of esters is 1. The van der Waals surface area contributed by atoms with Crippen molar-refractivity contribution in [2.45, 2.75) is 13.5 Å². The zero-order chi connectivity index (χ0) is 23.1. The van der Waals surface area contributed by atoms with Crippen LogP contribution in [0.5, 0.6) is 11.5 Å². The highest BCUT2D eigenvalue weighted by Crippen LogP contribution is 2.23. The lowest BCUT2D eigenvalue weighted by Crippen LogP contribution is -2.12. The monoisotopic (exact) mass is 435 g/mol. The number of nitrogens with zero attached hydrogens (tertiary/aromatic N) is 2. The van der Waals surface area contributed by atoms with Gasteiger partial charge in [0.05, 0.1) is 19.9 Å².